The number of rotatable bonds is 4. The Morgan fingerprint density at radius 3 is 2.33 bits per heavy atom. The maximum Gasteiger partial charge on any atom is 0.317 e. The van der Waals surface area contributed by atoms with Gasteiger partial charge in [-0.1, -0.05) is 42.5 Å². The normalized spacial score (nSPS) is 11.9. The van der Waals surface area contributed by atoms with Crippen molar-refractivity contribution in [3.05, 3.63) is 71.8 Å². The lowest BCUT2D eigenvalue weighted by Crippen LogP contribution is -2.16. The molecule has 0 saturated heterocycles. The maximum absolute atomic E-state index is 12.5. The molecule has 3 rings (SSSR count). The Kier molecular flexibility index (Phi) is 4.38. The molecule has 0 amide bonds. The molecule has 0 saturated carbocycles. The first kappa shape index (κ1) is 15.9. The molecule has 0 heterocycles. The number of carbonyl (C=O) groups is 1. The van der Waals surface area contributed by atoms with Crippen LogP contribution in [0.25, 0.3) is 10.8 Å². The van der Waals surface area contributed by atoms with Gasteiger partial charge in [-0.2, -0.15) is 0 Å². The smallest absolute Gasteiger partial charge is 0.317 e. The molecule has 4 heteroatoms. The van der Waals surface area contributed by atoms with E-state index in [2.05, 4.69) is 0 Å². The number of phenols is 1. The molecule has 0 radical (unpaired) electrons. The number of carbonyl (C=O) groups excluding carboxylic acids is 1. The molecule has 0 aromatic heterocycles. The molecular formula is C20H18O4. The van der Waals surface area contributed by atoms with Gasteiger partial charge in [-0.3, -0.25) is 4.79 Å². The molecule has 0 aliphatic heterocycles. The van der Waals surface area contributed by atoms with Crippen LogP contribution in [0.2, 0.25) is 0 Å². The van der Waals surface area contributed by atoms with E-state index in [4.69, 9.17) is 9.47 Å². The highest BCUT2D eigenvalue weighted by Crippen LogP contribution is 2.38. The molecule has 1 atom stereocenters. The first-order valence-electron chi connectivity index (χ1n) is 7.58. The van der Waals surface area contributed by atoms with Crippen molar-refractivity contribution in [1.29, 1.82) is 0 Å². The van der Waals surface area contributed by atoms with Gasteiger partial charge in [0.15, 0.2) is 0 Å². The van der Waals surface area contributed by atoms with Gasteiger partial charge in [-0.15, -0.1) is 0 Å². The highest BCUT2D eigenvalue weighted by Gasteiger charge is 2.28. The molecule has 0 aliphatic carbocycles. The molecule has 0 fully saturated rings. The quantitative estimate of drug-likeness (QED) is 0.741. The average Bonchev–Trinajstić information content (AvgIpc) is 2.64. The molecule has 3 aromatic carbocycles. The fourth-order valence-corrected chi connectivity index (χ4v) is 2.92. The van der Waals surface area contributed by atoms with Crippen LogP contribution in [0.5, 0.6) is 11.5 Å². The molecular weight excluding hydrogens is 304 g/mol. The molecule has 4 nitrogen and oxygen atoms in total. The van der Waals surface area contributed by atoms with Gasteiger partial charge >= 0.3 is 5.97 Å². The molecule has 1 N–H and O–H groups in total. The van der Waals surface area contributed by atoms with Crippen LogP contribution in [0.4, 0.5) is 0 Å². The zero-order valence-corrected chi connectivity index (χ0v) is 13.5. The van der Waals surface area contributed by atoms with Crippen LogP contribution in [0.15, 0.2) is 60.7 Å². The molecule has 0 aliphatic rings. The molecule has 24 heavy (non-hydrogen) atoms. The van der Waals surface area contributed by atoms with Crippen molar-refractivity contribution in [3.8, 4) is 11.5 Å². The number of esters is 1. The summed E-state index contributed by atoms with van der Waals surface area (Å²) >= 11 is 0. The summed E-state index contributed by atoms with van der Waals surface area (Å²) in [6.07, 6.45) is 0. The van der Waals surface area contributed by atoms with E-state index < -0.39 is 11.9 Å². The minimum atomic E-state index is -0.716. The van der Waals surface area contributed by atoms with Gasteiger partial charge in [0.1, 0.15) is 17.4 Å². The lowest BCUT2D eigenvalue weighted by Gasteiger charge is -2.19. The topological polar surface area (TPSA) is 55.8 Å². The second-order valence-corrected chi connectivity index (χ2v) is 5.45. The molecule has 3 aromatic rings. The Morgan fingerprint density at radius 2 is 1.67 bits per heavy atom. The van der Waals surface area contributed by atoms with Crippen molar-refractivity contribution >= 4 is 16.7 Å². The molecule has 0 bridgehead atoms. The van der Waals surface area contributed by atoms with Gasteiger partial charge in [0.2, 0.25) is 0 Å². The van der Waals surface area contributed by atoms with E-state index in [-0.39, 0.29) is 5.75 Å². The fraction of sp³-hybridized carbons (Fsp3) is 0.150. The number of hydrogen-bond acceptors (Lipinski definition) is 4. The second-order valence-electron chi connectivity index (χ2n) is 5.45. The summed E-state index contributed by atoms with van der Waals surface area (Å²) in [5.41, 5.74) is 1.28. The number of phenolic OH excluding ortho intramolecular Hbond substituents is 1. The van der Waals surface area contributed by atoms with Crippen molar-refractivity contribution in [2.24, 2.45) is 0 Å². The van der Waals surface area contributed by atoms with E-state index in [1.165, 1.54) is 7.11 Å². The monoisotopic (exact) mass is 322 g/mol. The average molecular weight is 322 g/mol. The van der Waals surface area contributed by atoms with Crippen LogP contribution in [-0.4, -0.2) is 25.3 Å². The number of aromatic hydroxyl groups is 1. The predicted molar refractivity (Wildman–Crippen MR) is 92.5 cm³/mol. The second kappa shape index (κ2) is 6.62. The molecule has 0 spiro atoms. The third-order valence-corrected chi connectivity index (χ3v) is 4.12. The van der Waals surface area contributed by atoms with Crippen molar-refractivity contribution in [3.63, 3.8) is 0 Å². The van der Waals surface area contributed by atoms with Crippen LogP contribution in [0.3, 0.4) is 0 Å². The van der Waals surface area contributed by atoms with Crippen molar-refractivity contribution in [1.82, 2.24) is 0 Å². The van der Waals surface area contributed by atoms with E-state index >= 15 is 0 Å². The highest BCUT2D eigenvalue weighted by molar-refractivity contribution is 5.95. The van der Waals surface area contributed by atoms with Gasteiger partial charge in [0.25, 0.3) is 0 Å². The Balaban J connectivity index is 2.23. The van der Waals surface area contributed by atoms with Crippen LogP contribution in [0, 0.1) is 0 Å². The van der Waals surface area contributed by atoms with Crippen molar-refractivity contribution in [2.45, 2.75) is 5.92 Å². The minimum Gasteiger partial charge on any atom is -0.508 e. The highest BCUT2D eigenvalue weighted by atomic mass is 16.5. The first-order valence-corrected chi connectivity index (χ1v) is 7.58. The van der Waals surface area contributed by atoms with Gasteiger partial charge in [-0.25, -0.2) is 0 Å². The first-order chi connectivity index (χ1) is 11.7. The zero-order chi connectivity index (χ0) is 17.1. The third kappa shape index (κ3) is 2.78. The number of benzene rings is 3. The Bertz CT molecular complexity index is 868. The Labute approximate surface area is 140 Å². The van der Waals surface area contributed by atoms with Gasteiger partial charge < -0.3 is 14.6 Å². The van der Waals surface area contributed by atoms with Crippen molar-refractivity contribution < 1.29 is 19.4 Å². The standard InChI is InChI=1S/C20H18O4/c1-23-15-10-7-14(8-11-15)18(20(22)24-2)19-16-6-4-3-5-13(16)9-12-17(19)21/h3-12,18,21H,1-2H3. The number of ether oxygens (including phenoxy) is 2. The SMILES string of the molecule is COC(=O)C(c1ccc(OC)cc1)c1c(O)ccc2ccccc12. The lowest BCUT2D eigenvalue weighted by atomic mass is 9.87. The van der Waals surface area contributed by atoms with Crippen LogP contribution in [-0.2, 0) is 9.53 Å². The van der Waals surface area contributed by atoms with Crippen LogP contribution >= 0.6 is 0 Å². The summed E-state index contributed by atoms with van der Waals surface area (Å²) < 4.78 is 10.2. The largest absolute Gasteiger partial charge is 0.508 e. The lowest BCUT2D eigenvalue weighted by molar-refractivity contribution is -0.141. The fourth-order valence-electron chi connectivity index (χ4n) is 2.92. The van der Waals surface area contributed by atoms with E-state index in [0.717, 1.165) is 16.3 Å². The summed E-state index contributed by atoms with van der Waals surface area (Å²) in [5, 5.41) is 12.2. The van der Waals surface area contributed by atoms with E-state index in [1.54, 1.807) is 25.3 Å². The van der Waals surface area contributed by atoms with Gasteiger partial charge in [-0.05, 0) is 34.5 Å². The van der Waals surface area contributed by atoms with E-state index in [9.17, 15) is 9.90 Å². The predicted octanol–water partition coefficient (Wildman–Crippen LogP) is 3.86. The van der Waals surface area contributed by atoms with E-state index in [1.807, 2.05) is 42.5 Å². The summed E-state index contributed by atoms with van der Waals surface area (Å²) in [5.74, 6) is -0.372. The van der Waals surface area contributed by atoms with Crippen LogP contribution < -0.4 is 4.74 Å². The van der Waals surface area contributed by atoms with E-state index in [0.29, 0.717) is 11.3 Å². The third-order valence-electron chi connectivity index (χ3n) is 4.12. The zero-order valence-electron chi connectivity index (χ0n) is 13.5. The van der Waals surface area contributed by atoms with Gasteiger partial charge in [0, 0.05) is 5.56 Å². The molecule has 1 unspecified atom stereocenters. The summed E-state index contributed by atoms with van der Waals surface area (Å²) in [7, 11) is 2.93. The van der Waals surface area contributed by atoms with Crippen molar-refractivity contribution in [2.75, 3.05) is 14.2 Å². The summed E-state index contributed by atoms with van der Waals surface area (Å²) in [4.78, 5) is 12.5. The Morgan fingerprint density at radius 1 is 0.958 bits per heavy atom. The van der Waals surface area contributed by atoms with Gasteiger partial charge in [0.05, 0.1) is 14.2 Å². The van der Waals surface area contributed by atoms with Crippen LogP contribution in [0.1, 0.15) is 17.0 Å². The summed E-state index contributed by atoms with van der Waals surface area (Å²) in [6.45, 7) is 0. The Hall–Kier alpha value is -3.01. The number of methoxy groups -OCH3 is 2. The maximum atomic E-state index is 12.5. The number of fused-ring (bicyclic) bond motifs is 1. The summed E-state index contributed by atoms with van der Waals surface area (Å²) in [6, 6.07) is 18.3. The number of hydrogen-bond donors (Lipinski definition) is 1. The molecule has 122 valence electrons. The minimum absolute atomic E-state index is 0.0694.